The Morgan fingerprint density at radius 3 is 2.18 bits per heavy atom. The summed E-state index contributed by atoms with van der Waals surface area (Å²) in [6, 6.07) is 16.5. The number of nitrogens with two attached hydrogens (primary N) is 1. The van der Waals surface area contributed by atoms with Gasteiger partial charge in [-0.25, -0.2) is 13.2 Å². The Balaban J connectivity index is 1.49. The van der Waals surface area contributed by atoms with Crippen LogP contribution in [0.2, 0.25) is 0 Å². The third-order valence-electron chi connectivity index (χ3n) is 5.14. The highest BCUT2D eigenvalue weighted by Crippen LogP contribution is 2.34. The van der Waals surface area contributed by atoms with Gasteiger partial charge < -0.3 is 31.1 Å². The summed E-state index contributed by atoms with van der Waals surface area (Å²) in [5.41, 5.74) is 7.94. The maximum Gasteiger partial charge on any atom is 0.335 e. The van der Waals surface area contributed by atoms with Crippen LogP contribution < -0.4 is 15.8 Å². The lowest BCUT2D eigenvalue weighted by atomic mass is 10.0. The number of anilines is 1. The lowest BCUT2D eigenvalue weighted by molar-refractivity contribution is 0.0697. The number of ether oxygens (including phenoxy) is 1. The van der Waals surface area contributed by atoms with Crippen molar-refractivity contribution in [1.82, 2.24) is 5.32 Å². The Morgan fingerprint density at radius 1 is 1.03 bits per heavy atom. The molecule has 6 N–H and O–H groups in total. The van der Waals surface area contributed by atoms with Crippen LogP contribution >= 0.6 is 0 Å². The standard InChI is InChI=1S/C24H26N2O7S/c1-34(31,32)23-20(27)11-10-19(22(23)25)21(28)14-26-12-13-33-18-8-6-16(7-9-18)15-2-4-17(5-3-15)24(29)30/h2-11,21,26-28H,12-14,25H2,1H3,(H,29,30). The van der Waals surface area contributed by atoms with Crippen molar-refractivity contribution in [1.29, 1.82) is 0 Å². The number of carbonyl (C=O) groups is 1. The fraction of sp³-hybridized carbons (Fsp3) is 0.208. The topological polar surface area (TPSA) is 159 Å². The molecular formula is C24H26N2O7S. The van der Waals surface area contributed by atoms with Crippen molar-refractivity contribution in [2.45, 2.75) is 11.0 Å². The minimum atomic E-state index is -3.76. The van der Waals surface area contributed by atoms with Crippen molar-refractivity contribution in [3.05, 3.63) is 71.8 Å². The van der Waals surface area contributed by atoms with Gasteiger partial charge in [-0.05, 0) is 41.5 Å². The molecule has 34 heavy (non-hydrogen) atoms. The minimum absolute atomic E-state index is 0.104. The van der Waals surface area contributed by atoms with Gasteiger partial charge in [-0.3, -0.25) is 0 Å². The van der Waals surface area contributed by atoms with Gasteiger partial charge in [0.05, 0.1) is 17.4 Å². The van der Waals surface area contributed by atoms with E-state index in [1.165, 1.54) is 12.1 Å². The van der Waals surface area contributed by atoms with Crippen LogP contribution in [0.4, 0.5) is 5.69 Å². The number of hydrogen-bond donors (Lipinski definition) is 5. The number of carboxylic acids is 1. The van der Waals surface area contributed by atoms with E-state index in [2.05, 4.69) is 5.32 Å². The number of nitrogens with one attached hydrogen (secondary N) is 1. The number of aliphatic hydroxyl groups is 1. The Bertz CT molecular complexity index is 1260. The predicted octanol–water partition coefficient (Wildman–Crippen LogP) is 2.45. The highest BCUT2D eigenvalue weighted by molar-refractivity contribution is 7.91. The van der Waals surface area contributed by atoms with Gasteiger partial charge >= 0.3 is 5.97 Å². The molecule has 0 fully saturated rings. The normalized spacial score (nSPS) is 12.3. The number of aromatic hydroxyl groups is 1. The second kappa shape index (κ2) is 10.6. The molecule has 0 spiro atoms. The number of aliphatic hydroxyl groups excluding tert-OH is 1. The molecular weight excluding hydrogens is 460 g/mol. The molecule has 0 aliphatic carbocycles. The summed E-state index contributed by atoms with van der Waals surface area (Å²) in [6.07, 6.45) is -0.140. The minimum Gasteiger partial charge on any atom is -0.507 e. The SMILES string of the molecule is CS(=O)(=O)c1c(O)ccc(C(O)CNCCOc2ccc(-c3ccc(C(=O)O)cc3)cc2)c1N. The van der Waals surface area contributed by atoms with E-state index < -0.39 is 32.6 Å². The summed E-state index contributed by atoms with van der Waals surface area (Å²) in [5, 5.41) is 32.2. The average Bonchev–Trinajstić information content (AvgIpc) is 2.78. The van der Waals surface area contributed by atoms with E-state index in [0.29, 0.717) is 18.9 Å². The Hall–Kier alpha value is -3.60. The highest BCUT2D eigenvalue weighted by Gasteiger charge is 2.22. The van der Waals surface area contributed by atoms with Gasteiger partial charge in [-0.1, -0.05) is 30.3 Å². The molecule has 0 radical (unpaired) electrons. The number of phenols is 1. The van der Waals surface area contributed by atoms with Crippen molar-refractivity contribution in [3.63, 3.8) is 0 Å². The number of nitrogen functional groups attached to an aromatic ring is 1. The van der Waals surface area contributed by atoms with E-state index in [1.807, 2.05) is 12.1 Å². The molecule has 0 aliphatic rings. The van der Waals surface area contributed by atoms with E-state index in [1.54, 1.807) is 36.4 Å². The number of rotatable bonds is 10. The third-order valence-corrected chi connectivity index (χ3v) is 6.31. The Kier molecular flexibility index (Phi) is 7.77. The molecule has 0 saturated carbocycles. The summed E-state index contributed by atoms with van der Waals surface area (Å²) < 4.78 is 29.4. The van der Waals surface area contributed by atoms with Crippen molar-refractivity contribution in [2.75, 3.05) is 31.7 Å². The first-order valence-corrected chi connectivity index (χ1v) is 12.2. The van der Waals surface area contributed by atoms with Gasteiger partial charge in [-0.15, -0.1) is 0 Å². The summed E-state index contributed by atoms with van der Waals surface area (Å²) in [7, 11) is -3.76. The summed E-state index contributed by atoms with van der Waals surface area (Å²) >= 11 is 0. The van der Waals surface area contributed by atoms with Gasteiger partial charge in [0.25, 0.3) is 0 Å². The average molecular weight is 487 g/mol. The van der Waals surface area contributed by atoms with Gasteiger partial charge in [0, 0.05) is 24.9 Å². The number of benzene rings is 3. The molecule has 1 atom stereocenters. The molecule has 0 heterocycles. The molecule has 0 aliphatic heterocycles. The summed E-state index contributed by atoms with van der Waals surface area (Å²) in [6.45, 7) is 0.832. The molecule has 3 aromatic rings. The fourth-order valence-electron chi connectivity index (χ4n) is 3.42. The largest absolute Gasteiger partial charge is 0.507 e. The number of aromatic carboxylic acids is 1. The molecule has 0 aromatic heterocycles. The van der Waals surface area contributed by atoms with Gasteiger partial charge in [0.1, 0.15) is 23.0 Å². The number of sulfone groups is 1. The van der Waals surface area contributed by atoms with Crippen LogP contribution in [-0.4, -0.2) is 55.7 Å². The monoisotopic (exact) mass is 486 g/mol. The molecule has 9 nitrogen and oxygen atoms in total. The van der Waals surface area contributed by atoms with E-state index >= 15 is 0 Å². The van der Waals surface area contributed by atoms with Crippen LogP contribution in [0.15, 0.2) is 65.6 Å². The quantitative estimate of drug-likeness (QED) is 0.214. The zero-order valence-corrected chi connectivity index (χ0v) is 19.2. The second-order valence-corrected chi connectivity index (χ2v) is 9.62. The first-order chi connectivity index (χ1) is 16.1. The molecule has 10 heteroatoms. The lowest BCUT2D eigenvalue weighted by Crippen LogP contribution is -2.26. The van der Waals surface area contributed by atoms with E-state index in [9.17, 15) is 23.4 Å². The second-order valence-electron chi connectivity index (χ2n) is 7.66. The maximum absolute atomic E-state index is 11.8. The molecule has 1 unspecified atom stereocenters. The van der Waals surface area contributed by atoms with E-state index in [4.69, 9.17) is 15.6 Å². The van der Waals surface area contributed by atoms with Gasteiger partial charge in [-0.2, -0.15) is 0 Å². The predicted molar refractivity (Wildman–Crippen MR) is 128 cm³/mol. The smallest absolute Gasteiger partial charge is 0.335 e. The van der Waals surface area contributed by atoms with Crippen molar-refractivity contribution in [3.8, 4) is 22.6 Å². The highest BCUT2D eigenvalue weighted by atomic mass is 32.2. The van der Waals surface area contributed by atoms with Crippen molar-refractivity contribution < 1.29 is 33.3 Å². The molecule has 3 aromatic carbocycles. The molecule has 3 rings (SSSR count). The van der Waals surface area contributed by atoms with Crippen LogP contribution in [0.25, 0.3) is 11.1 Å². The molecule has 0 saturated heterocycles. The molecule has 0 amide bonds. The summed E-state index contributed by atoms with van der Waals surface area (Å²) in [4.78, 5) is 10.6. The number of phenolic OH excluding ortho intramolecular Hbond substituents is 1. The zero-order chi connectivity index (χ0) is 24.9. The van der Waals surface area contributed by atoms with Gasteiger partial charge in [0.2, 0.25) is 0 Å². The van der Waals surface area contributed by atoms with Crippen molar-refractivity contribution >= 4 is 21.5 Å². The zero-order valence-electron chi connectivity index (χ0n) is 18.4. The van der Waals surface area contributed by atoms with Crippen LogP contribution in [0, 0.1) is 0 Å². The van der Waals surface area contributed by atoms with Crippen molar-refractivity contribution in [2.24, 2.45) is 0 Å². The first kappa shape index (κ1) is 25.0. The van der Waals surface area contributed by atoms with Crippen LogP contribution in [-0.2, 0) is 9.84 Å². The van der Waals surface area contributed by atoms with Crippen LogP contribution in [0.1, 0.15) is 22.0 Å². The maximum atomic E-state index is 11.8. The number of carboxylic acid groups (broad SMARTS) is 1. The lowest BCUT2D eigenvalue weighted by Gasteiger charge is -2.17. The van der Waals surface area contributed by atoms with E-state index in [-0.39, 0.29) is 23.4 Å². The third kappa shape index (κ3) is 6.04. The van der Waals surface area contributed by atoms with Crippen LogP contribution in [0.3, 0.4) is 0 Å². The Morgan fingerprint density at radius 2 is 1.62 bits per heavy atom. The molecule has 0 bridgehead atoms. The first-order valence-electron chi connectivity index (χ1n) is 10.3. The summed E-state index contributed by atoms with van der Waals surface area (Å²) in [5.74, 6) is -0.781. The fourth-order valence-corrected chi connectivity index (χ4v) is 4.39. The van der Waals surface area contributed by atoms with Crippen LogP contribution in [0.5, 0.6) is 11.5 Å². The molecule has 180 valence electrons. The Labute approximate surface area is 197 Å². The number of hydrogen-bond acceptors (Lipinski definition) is 8. The van der Waals surface area contributed by atoms with E-state index in [0.717, 1.165) is 17.4 Å². The van der Waals surface area contributed by atoms with Gasteiger partial charge in [0.15, 0.2) is 9.84 Å².